The van der Waals surface area contributed by atoms with Crippen molar-refractivity contribution in [1.29, 1.82) is 0 Å². The molecule has 12 aromatic rings. The first-order chi connectivity index (χ1) is 51.4. The van der Waals surface area contributed by atoms with Crippen LogP contribution in [0.3, 0.4) is 0 Å². The van der Waals surface area contributed by atoms with Crippen molar-refractivity contribution in [2.75, 3.05) is 60.8 Å². The normalized spacial score (nSPS) is 13.8. The number of aromatic amines is 1. The lowest BCUT2D eigenvalue weighted by Gasteiger charge is -2.14. The molecule has 2 heterocycles. The van der Waals surface area contributed by atoms with Gasteiger partial charge in [0.2, 0.25) is 48.5 Å². The van der Waals surface area contributed by atoms with Crippen molar-refractivity contribution in [2.45, 2.75) is 90.0 Å². The predicted octanol–water partition coefficient (Wildman–Crippen LogP) is 16.4. The zero-order chi connectivity index (χ0) is 76.0. The predicted molar refractivity (Wildman–Crippen MR) is 433 cm³/mol. The quantitative estimate of drug-likeness (QED) is 0.0130. The number of anilines is 5. The average Bonchev–Trinajstić information content (AvgIpc) is 1.68. The maximum atomic E-state index is 12.6. The van der Waals surface area contributed by atoms with E-state index >= 15 is 0 Å². The highest BCUT2D eigenvalue weighted by molar-refractivity contribution is 7.99. The van der Waals surface area contributed by atoms with Gasteiger partial charge >= 0.3 is 0 Å². The van der Waals surface area contributed by atoms with Gasteiger partial charge in [-0.3, -0.25) is 18.7 Å². The Kier molecular flexibility index (Phi) is 23.9. The number of benzene rings is 10. The number of hydrogen-bond donors (Lipinski definition) is 8. The van der Waals surface area contributed by atoms with Gasteiger partial charge in [-0.15, -0.1) is 26.9 Å². The molecule has 0 atom stereocenters. The van der Waals surface area contributed by atoms with Crippen molar-refractivity contribution in [2.24, 2.45) is 15.3 Å². The summed E-state index contributed by atoms with van der Waals surface area (Å²) in [7, 11) is -2.67. The van der Waals surface area contributed by atoms with E-state index in [1.54, 1.807) is 30.5 Å². The number of sulfonamides is 2. The van der Waals surface area contributed by atoms with Gasteiger partial charge < -0.3 is 42.0 Å². The van der Waals surface area contributed by atoms with Crippen molar-refractivity contribution in [3.05, 3.63) is 201 Å². The molecule has 31 heteroatoms. The molecule has 0 bridgehead atoms. The molecule has 0 saturated heterocycles. The third kappa shape index (κ3) is 18.3. The smallest absolute Gasteiger partial charge is 0.239 e. The summed E-state index contributed by atoms with van der Waals surface area (Å²) in [4.78, 5) is 27.4. The molecule has 13 N–H and O–H groups in total. The van der Waals surface area contributed by atoms with Crippen LogP contribution in [0.15, 0.2) is 184 Å². The number of carbonyl (C=O) groups excluding carboxylic acids is 2. The van der Waals surface area contributed by atoms with Crippen LogP contribution in [0.4, 0.5) is 34.6 Å². The molecule has 4 fully saturated rings. The van der Waals surface area contributed by atoms with E-state index in [0.29, 0.717) is 33.6 Å². The van der Waals surface area contributed by atoms with Crippen LogP contribution in [0, 0.1) is 4.77 Å². The standard InChI is InChI=1S/C23H21ClN6O3S2.C16H16N4OS.C15H13NOS.C14H15NO.C8H8Cl2N2O3S/c24-18-11-14(35(26,32)33)7-9-19(18)27-21(31)12-34-23-29-28-22(25)30(23)20-10-8-15(13-5-6-13)16-3-1-2-4-17(16)20;1-21-10-4-5-12-11(9-2-3-9)6-7-14(13(12)8-10)20-15(17)18-19-16(20)22;1-17-11-4-5-13-12(10-2-3-10)6-7-15(16-9-18)14(13)8-11;1-16-10-4-5-12-11(9-2-3-9)6-7-14(15)13(12)8-10;9-4-8(13)12-7-2-1-5(3-6(7)10)16(11,14)15/h1-4,7-11,13H,5-6,12H2,(H2,25,28)(H,27,31)(H2,26,32,33);4-9H,2-3H2,1H3,(H2,17,18)(H,19,22);4-8,10H,2-3H2,1H3;4-9H,2-3,15H2,1H3;1-3H,4H2,(H,12,13)(H2,11,14,15). The molecule has 4 aliphatic carbocycles. The van der Waals surface area contributed by atoms with Crippen LogP contribution >= 0.6 is 71.0 Å². The lowest BCUT2D eigenvalue weighted by molar-refractivity contribution is -0.114. The fourth-order valence-electron chi connectivity index (χ4n) is 12.5. The zero-order valence-corrected chi connectivity index (χ0v) is 64.2. The number of nitrogens with one attached hydrogen (secondary N) is 3. The molecule has 0 aliphatic heterocycles. The number of isothiocyanates is 1. The summed E-state index contributed by atoms with van der Waals surface area (Å²) in [5.41, 5.74) is 27.7. The Balaban J connectivity index is 0.000000130. The minimum absolute atomic E-state index is 0.00346. The van der Waals surface area contributed by atoms with Crippen LogP contribution in [0.25, 0.3) is 54.5 Å². The van der Waals surface area contributed by atoms with Crippen LogP contribution in [-0.4, -0.2) is 96.3 Å². The molecule has 0 spiro atoms. The minimum atomic E-state index is -3.90. The minimum Gasteiger partial charge on any atom is -0.497 e. The third-order valence-electron chi connectivity index (χ3n) is 18.3. The molecule has 2 amide bonds. The van der Waals surface area contributed by atoms with Gasteiger partial charge in [0.05, 0.1) is 80.5 Å². The van der Waals surface area contributed by atoms with E-state index < -0.39 is 26.0 Å². The molecule has 4 saturated carbocycles. The Morgan fingerprint density at radius 1 is 0.551 bits per heavy atom. The van der Waals surface area contributed by atoms with Gasteiger partial charge in [0, 0.05) is 27.2 Å². The third-order valence-corrected chi connectivity index (χ3v) is 22.3. The number of alkyl halides is 1. The van der Waals surface area contributed by atoms with Gasteiger partial charge in [0.25, 0.3) is 0 Å². The molecular weight excluding hydrogens is 1520 g/mol. The number of ether oxygens (including phenoxy) is 3. The molecular formula is C76H73Cl3N14O9S5. The van der Waals surface area contributed by atoms with E-state index in [1.165, 1.54) is 137 Å². The van der Waals surface area contributed by atoms with Crippen LogP contribution in [0.5, 0.6) is 17.2 Å². The Bertz CT molecular complexity index is 5780. The second kappa shape index (κ2) is 33.2. The topological polar surface area (TPSA) is 361 Å². The Morgan fingerprint density at radius 3 is 1.45 bits per heavy atom. The monoisotopic (exact) mass is 1590 g/mol. The number of amides is 2. The Morgan fingerprint density at radius 2 is 0.991 bits per heavy atom. The Hall–Kier alpha value is -9.68. The first-order valence-electron chi connectivity index (χ1n) is 33.6. The number of rotatable bonds is 18. The highest BCUT2D eigenvalue weighted by Crippen LogP contribution is 2.49. The second-order valence-electron chi connectivity index (χ2n) is 25.6. The number of carbonyl (C=O) groups is 2. The summed E-state index contributed by atoms with van der Waals surface area (Å²) >= 11 is 28.4. The van der Waals surface area contributed by atoms with E-state index in [4.69, 9.17) is 101 Å². The first-order valence-corrected chi connectivity index (χ1v) is 39.8. The lowest BCUT2D eigenvalue weighted by Crippen LogP contribution is -2.16. The summed E-state index contributed by atoms with van der Waals surface area (Å²) in [5, 5.41) is 42.3. The van der Waals surface area contributed by atoms with E-state index in [9.17, 15) is 26.4 Å². The van der Waals surface area contributed by atoms with E-state index in [0.717, 1.165) is 73.5 Å². The van der Waals surface area contributed by atoms with Crippen molar-refractivity contribution < 1.29 is 40.6 Å². The van der Waals surface area contributed by atoms with Crippen molar-refractivity contribution >= 4 is 186 Å². The fourth-order valence-corrected chi connectivity index (χ4v) is 15.3. The van der Waals surface area contributed by atoms with Gasteiger partial charge in [-0.2, -0.15) is 4.99 Å². The summed E-state index contributed by atoms with van der Waals surface area (Å²) in [6.07, 6.45) is 10.1. The van der Waals surface area contributed by atoms with Crippen LogP contribution in [0.2, 0.25) is 10.0 Å². The average molecular weight is 1590 g/mol. The van der Waals surface area contributed by atoms with Gasteiger partial charge in [0.15, 0.2) is 5.16 Å². The number of halogens is 3. The largest absolute Gasteiger partial charge is 0.497 e. The number of nitrogens with two attached hydrogens (primary N) is 5. The van der Waals surface area contributed by atoms with Crippen molar-refractivity contribution in [3.8, 4) is 28.6 Å². The molecule has 10 aromatic carbocycles. The number of thiocarbonyl (C=S) groups is 1. The maximum Gasteiger partial charge on any atom is 0.239 e. The number of aromatic nitrogens is 6. The molecule has 0 radical (unpaired) electrons. The number of hydrogen-bond acceptors (Lipinski definition) is 19. The van der Waals surface area contributed by atoms with Gasteiger partial charge in [-0.25, -0.2) is 32.2 Å². The van der Waals surface area contributed by atoms with Crippen molar-refractivity contribution in [1.82, 2.24) is 29.5 Å². The van der Waals surface area contributed by atoms with Crippen LogP contribution in [-0.2, 0) is 29.6 Å². The molecule has 0 unspecified atom stereocenters. The van der Waals surface area contributed by atoms with Crippen molar-refractivity contribution in [3.63, 3.8) is 0 Å². The highest BCUT2D eigenvalue weighted by atomic mass is 35.5. The summed E-state index contributed by atoms with van der Waals surface area (Å²) in [5.74, 6) is 4.81. The molecule has 107 heavy (non-hydrogen) atoms. The Labute approximate surface area is 646 Å². The molecule has 552 valence electrons. The number of primary sulfonamides is 2. The number of nitrogens with zero attached hydrogens (tertiary/aromatic N) is 6. The van der Waals surface area contributed by atoms with E-state index in [1.807, 2.05) is 72.8 Å². The second-order valence-corrected chi connectivity index (χ2v) is 31.4. The summed E-state index contributed by atoms with van der Waals surface area (Å²) < 4.78 is 64.8. The maximum absolute atomic E-state index is 12.6. The zero-order valence-electron chi connectivity index (χ0n) is 57.9. The number of H-pyrrole nitrogens is 1. The molecule has 2 aromatic heterocycles. The number of thioether (sulfide) groups is 1. The number of nitrogen functional groups attached to an aromatic ring is 3. The van der Waals surface area contributed by atoms with Crippen LogP contribution in [0.1, 0.15) is 97.3 Å². The molecule has 23 nitrogen and oxygen atoms in total. The number of fused-ring (bicyclic) bond motifs is 4. The van der Waals surface area contributed by atoms with Gasteiger partial charge in [0.1, 0.15) is 23.1 Å². The SMILES string of the molecule is COc1ccc2c(C3CC3)ccc(-n3c(N)n[nH]c3=S)c2c1.COc1ccc2c(C3CC3)ccc(N)c2c1.COc1ccc2c(C3CC3)ccc(N=C=S)c2c1.NS(=O)(=O)c1ccc(NC(=O)CCl)c(Cl)c1.Nc1nnc(SCC(=O)Nc2ccc(S(N)(=O)=O)cc2Cl)n1-c1ccc(C2CC2)c2ccccc12. The van der Waals surface area contributed by atoms with Gasteiger partial charge in [-0.1, -0.05) is 102 Å². The number of aliphatic imine (C=N–C) groups is 1. The fraction of sp³-hybridized carbons (Fsp3) is 0.224. The molecule has 4 aliphatic rings. The van der Waals surface area contributed by atoms with E-state index in [2.05, 4.69) is 95.8 Å². The first kappa shape index (κ1) is 77.0. The summed E-state index contributed by atoms with van der Waals surface area (Å²) in [6, 6.07) is 50.9. The van der Waals surface area contributed by atoms with Gasteiger partial charge in [-0.05, 0) is 240 Å². The lowest BCUT2D eigenvalue weighted by atomic mass is 9.99. The molecule has 16 rings (SSSR count). The number of methoxy groups -OCH3 is 3. The summed E-state index contributed by atoms with van der Waals surface area (Å²) in [6.45, 7) is 0. The highest BCUT2D eigenvalue weighted by Gasteiger charge is 2.30. The van der Waals surface area contributed by atoms with E-state index in [-0.39, 0.29) is 54.7 Å². The van der Waals surface area contributed by atoms with Crippen LogP contribution < -0.4 is 52.3 Å².